The highest BCUT2D eigenvalue weighted by molar-refractivity contribution is 7.98. The van der Waals surface area contributed by atoms with Crippen LogP contribution in [-0.4, -0.2) is 18.2 Å². The van der Waals surface area contributed by atoms with Gasteiger partial charge in [0.15, 0.2) is 0 Å². The Kier molecular flexibility index (Phi) is 6.81. The molecule has 2 aromatic rings. The van der Waals surface area contributed by atoms with Crippen molar-refractivity contribution in [1.29, 1.82) is 0 Å². The van der Waals surface area contributed by atoms with Crippen molar-refractivity contribution in [3.8, 4) is 0 Å². The molecule has 0 atom stereocenters. The zero-order valence-corrected chi connectivity index (χ0v) is 14.2. The normalized spacial score (nSPS) is 10.5. The maximum absolute atomic E-state index is 11.8. The van der Waals surface area contributed by atoms with E-state index in [1.54, 1.807) is 0 Å². The molecular formula is C18H20ClNOS. The summed E-state index contributed by atoms with van der Waals surface area (Å²) in [6.07, 6.45) is 0.402. The molecule has 0 saturated carbocycles. The van der Waals surface area contributed by atoms with Crippen LogP contribution in [0.2, 0.25) is 5.02 Å². The van der Waals surface area contributed by atoms with Crippen molar-refractivity contribution in [3.05, 3.63) is 70.2 Å². The highest BCUT2D eigenvalue weighted by atomic mass is 35.5. The van der Waals surface area contributed by atoms with Gasteiger partial charge in [0.1, 0.15) is 0 Å². The lowest BCUT2D eigenvalue weighted by atomic mass is 10.1. The number of amides is 1. The van der Waals surface area contributed by atoms with E-state index >= 15 is 0 Å². The fourth-order valence-electron chi connectivity index (χ4n) is 2.07. The molecule has 0 heterocycles. The molecule has 0 fully saturated rings. The van der Waals surface area contributed by atoms with Gasteiger partial charge in [-0.3, -0.25) is 4.79 Å². The van der Waals surface area contributed by atoms with Gasteiger partial charge in [-0.05, 0) is 35.7 Å². The quantitative estimate of drug-likeness (QED) is 0.768. The SMILES string of the molecule is Cc1ccccc1CSCCNC(=O)Cc1ccc(Cl)cc1. The van der Waals surface area contributed by atoms with Crippen molar-refractivity contribution in [2.75, 3.05) is 12.3 Å². The minimum absolute atomic E-state index is 0.0545. The number of hydrogen-bond donors (Lipinski definition) is 1. The van der Waals surface area contributed by atoms with Crippen LogP contribution in [0.15, 0.2) is 48.5 Å². The molecular weight excluding hydrogens is 314 g/mol. The van der Waals surface area contributed by atoms with E-state index < -0.39 is 0 Å². The second-order valence-electron chi connectivity index (χ2n) is 5.13. The van der Waals surface area contributed by atoms with E-state index in [2.05, 4.69) is 36.5 Å². The van der Waals surface area contributed by atoms with Crippen LogP contribution < -0.4 is 5.32 Å². The van der Waals surface area contributed by atoms with E-state index in [1.165, 1.54) is 11.1 Å². The van der Waals surface area contributed by atoms with Crippen LogP contribution >= 0.6 is 23.4 Å². The predicted octanol–water partition coefficient (Wildman–Crippen LogP) is 4.24. The van der Waals surface area contributed by atoms with Crippen LogP contribution in [0.25, 0.3) is 0 Å². The minimum atomic E-state index is 0.0545. The number of halogens is 1. The van der Waals surface area contributed by atoms with E-state index in [1.807, 2.05) is 36.0 Å². The summed E-state index contributed by atoms with van der Waals surface area (Å²) in [5.41, 5.74) is 3.66. The Morgan fingerprint density at radius 2 is 1.86 bits per heavy atom. The molecule has 0 aliphatic heterocycles. The van der Waals surface area contributed by atoms with Crippen molar-refractivity contribution in [1.82, 2.24) is 5.32 Å². The number of rotatable bonds is 7. The number of thioether (sulfide) groups is 1. The Labute approximate surface area is 141 Å². The molecule has 22 heavy (non-hydrogen) atoms. The number of benzene rings is 2. The van der Waals surface area contributed by atoms with Crippen LogP contribution in [0.3, 0.4) is 0 Å². The Morgan fingerprint density at radius 1 is 1.14 bits per heavy atom. The molecule has 0 spiro atoms. The summed E-state index contributed by atoms with van der Waals surface area (Å²) in [5.74, 6) is 1.96. The summed E-state index contributed by atoms with van der Waals surface area (Å²) in [7, 11) is 0. The molecule has 2 aromatic carbocycles. The predicted molar refractivity (Wildman–Crippen MR) is 95.5 cm³/mol. The van der Waals surface area contributed by atoms with E-state index in [-0.39, 0.29) is 5.91 Å². The molecule has 0 saturated heterocycles. The first-order chi connectivity index (χ1) is 10.6. The van der Waals surface area contributed by atoms with Gasteiger partial charge in [-0.25, -0.2) is 0 Å². The van der Waals surface area contributed by atoms with Crippen LogP contribution in [0, 0.1) is 6.92 Å². The van der Waals surface area contributed by atoms with Gasteiger partial charge < -0.3 is 5.32 Å². The monoisotopic (exact) mass is 333 g/mol. The molecule has 116 valence electrons. The van der Waals surface area contributed by atoms with Crippen molar-refractivity contribution >= 4 is 29.3 Å². The molecule has 0 bridgehead atoms. The molecule has 2 nitrogen and oxygen atoms in total. The molecule has 1 N–H and O–H groups in total. The molecule has 0 radical (unpaired) electrons. The van der Waals surface area contributed by atoms with Crippen molar-refractivity contribution in [3.63, 3.8) is 0 Å². The van der Waals surface area contributed by atoms with Gasteiger partial charge in [0.25, 0.3) is 0 Å². The third kappa shape index (κ3) is 5.74. The maximum Gasteiger partial charge on any atom is 0.224 e. The highest BCUT2D eigenvalue weighted by Crippen LogP contribution is 2.15. The second kappa shape index (κ2) is 8.86. The molecule has 4 heteroatoms. The zero-order chi connectivity index (χ0) is 15.8. The van der Waals surface area contributed by atoms with Crippen LogP contribution in [0.5, 0.6) is 0 Å². The van der Waals surface area contributed by atoms with Gasteiger partial charge in [0.2, 0.25) is 5.91 Å². The third-order valence-corrected chi connectivity index (χ3v) is 4.63. The summed E-state index contributed by atoms with van der Waals surface area (Å²) in [6, 6.07) is 15.8. The molecule has 1 amide bonds. The number of carbonyl (C=O) groups excluding carboxylic acids is 1. The fourth-order valence-corrected chi connectivity index (χ4v) is 3.13. The standard InChI is InChI=1S/C18H20ClNOS/c1-14-4-2-3-5-16(14)13-22-11-10-20-18(21)12-15-6-8-17(19)9-7-15/h2-9H,10-13H2,1H3,(H,20,21). The molecule has 2 rings (SSSR count). The number of hydrogen-bond acceptors (Lipinski definition) is 2. The highest BCUT2D eigenvalue weighted by Gasteiger charge is 2.03. The van der Waals surface area contributed by atoms with Gasteiger partial charge in [-0.2, -0.15) is 11.8 Å². The number of carbonyl (C=O) groups is 1. The molecule has 0 aromatic heterocycles. The minimum Gasteiger partial charge on any atom is -0.355 e. The van der Waals surface area contributed by atoms with Crippen molar-refractivity contribution in [2.45, 2.75) is 19.1 Å². The summed E-state index contributed by atoms with van der Waals surface area (Å²) >= 11 is 7.66. The lowest BCUT2D eigenvalue weighted by Gasteiger charge is -2.07. The number of nitrogens with one attached hydrogen (secondary N) is 1. The average molecular weight is 334 g/mol. The van der Waals surface area contributed by atoms with E-state index in [9.17, 15) is 4.79 Å². The van der Waals surface area contributed by atoms with E-state index in [4.69, 9.17) is 11.6 Å². The van der Waals surface area contributed by atoms with Gasteiger partial charge in [0.05, 0.1) is 6.42 Å². The Morgan fingerprint density at radius 3 is 2.59 bits per heavy atom. The van der Waals surface area contributed by atoms with E-state index in [0.29, 0.717) is 18.0 Å². The third-order valence-electron chi connectivity index (χ3n) is 3.37. The first-order valence-corrected chi connectivity index (χ1v) is 8.82. The van der Waals surface area contributed by atoms with Crippen molar-refractivity contribution in [2.24, 2.45) is 0 Å². The largest absolute Gasteiger partial charge is 0.355 e. The van der Waals surface area contributed by atoms with Crippen LogP contribution in [0.4, 0.5) is 0 Å². The topological polar surface area (TPSA) is 29.1 Å². The first-order valence-electron chi connectivity index (χ1n) is 7.28. The molecule has 0 aliphatic rings. The fraction of sp³-hybridized carbons (Fsp3) is 0.278. The first kappa shape index (κ1) is 16.9. The summed E-state index contributed by atoms with van der Waals surface area (Å²) in [6.45, 7) is 2.83. The molecule has 0 aliphatic carbocycles. The van der Waals surface area contributed by atoms with Gasteiger partial charge >= 0.3 is 0 Å². The number of aryl methyl sites for hydroxylation is 1. The maximum atomic E-state index is 11.8. The Bertz CT molecular complexity index is 613. The second-order valence-corrected chi connectivity index (χ2v) is 6.67. The van der Waals surface area contributed by atoms with Gasteiger partial charge in [0, 0.05) is 23.1 Å². The Hall–Kier alpha value is -1.45. The van der Waals surface area contributed by atoms with Crippen molar-refractivity contribution < 1.29 is 4.79 Å². The summed E-state index contributed by atoms with van der Waals surface area (Å²) < 4.78 is 0. The molecule has 0 unspecified atom stereocenters. The van der Waals surface area contributed by atoms with Gasteiger partial charge in [-0.1, -0.05) is 48.0 Å². The lowest BCUT2D eigenvalue weighted by Crippen LogP contribution is -2.27. The summed E-state index contributed by atoms with van der Waals surface area (Å²) in [4.78, 5) is 11.8. The van der Waals surface area contributed by atoms with E-state index in [0.717, 1.165) is 17.1 Å². The van der Waals surface area contributed by atoms with Gasteiger partial charge in [-0.15, -0.1) is 0 Å². The van der Waals surface area contributed by atoms with Crippen LogP contribution in [0.1, 0.15) is 16.7 Å². The van der Waals surface area contributed by atoms with Crippen LogP contribution in [-0.2, 0) is 17.0 Å². The lowest BCUT2D eigenvalue weighted by molar-refractivity contribution is -0.120. The zero-order valence-electron chi connectivity index (χ0n) is 12.6. The summed E-state index contributed by atoms with van der Waals surface area (Å²) in [5, 5.41) is 3.65. The average Bonchev–Trinajstić information content (AvgIpc) is 2.51. The Balaban J connectivity index is 1.63. The smallest absolute Gasteiger partial charge is 0.224 e.